The minimum atomic E-state index is -0.0802. The van der Waals surface area contributed by atoms with Gasteiger partial charge in [0.2, 0.25) is 5.95 Å². The molecule has 0 spiro atoms. The summed E-state index contributed by atoms with van der Waals surface area (Å²) >= 11 is 3.33. The molecule has 0 atom stereocenters. The number of hydrogen-bond acceptors (Lipinski definition) is 4. The summed E-state index contributed by atoms with van der Waals surface area (Å²) in [4.78, 5) is 21.3. The van der Waals surface area contributed by atoms with Crippen LogP contribution in [0.1, 0.15) is 24.5 Å². The summed E-state index contributed by atoms with van der Waals surface area (Å²) in [5, 5.41) is 0. The van der Waals surface area contributed by atoms with E-state index in [0.717, 1.165) is 31.6 Å². The maximum absolute atomic E-state index is 11.8. The molecule has 0 bridgehead atoms. The molecule has 1 saturated carbocycles. The molecule has 1 aromatic rings. The Labute approximate surface area is 107 Å². The number of nitrogens with one attached hydrogen (secondary N) is 1. The quantitative estimate of drug-likeness (QED) is 0.893. The van der Waals surface area contributed by atoms with Crippen molar-refractivity contribution in [1.29, 1.82) is 0 Å². The summed E-state index contributed by atoms with van der Waals surface area (Å²) < 4.78 is 5.89. The molecule has 2 heterocycles. The number of rotatable bonds is 2. The maximum Gasteiger partial charge on any atom is 0.266 e. The van der Waals surface area contributed by atoms with Crippen LogP contribution in [0.3, 0.4) is 0 Å². The van der Waals surface area contributed by atoms with Crippen LogP contribution >= 0.6 is 15.9 Å². The maximum atomic E-state index is 11.8. The second kappa shape index (κ2) is 4.42. The predicted molar refractivity (Wildman–Crippen MR) is 67.6 cm³/mol. The average molecular weight is 300 g/mol. The highest BCUT2D eigenvalue weighted by molar-refractivity contribution is 9.10. The Morgan fingerprint density at radius 2 is 2.06 bits per heavy atom. The van der Waals surface area contributed by atoms with Crippen molar-refractivity contribution in [3.63, 3.8) is 0 Å². The lowest BCUT2D eigenvalue weighted by molar-refractivity contribution is 0.122. The van der Waals surface area contributed by atoms with Gasteiger partial charge in [0.1, 0.15) is 4.47 Å². The summed E-state index contributed by atoms with van der Waals surface area (Å²) in [7, 11) is 0. The Balaban J connectivity index is 1.96. The minimum Gasteiger partial charge on any atom is -0.378 e. The molecule has 1 aliphatic heterocycles. The SMILES string of the molecule is O=c1[nH]c(N2CCOCC2)nc(C2CC2)c1Br. The van der Waals surface area contributed by atoms with E-state index < -0.39 is 0 Å². The van der Waals surface area contributed by atoms with Crippen LogP contribution in [-0.4, -0.2) is 36.3 Å². The Kier molecular flexibility index (Phi) is 2.92. The van der Waals surface area contributed by atoms with Crippen LogP contribution in [0.4, 0.5) is 5.95 Å². The first kappa shape index (κ1) is 11.2. The number of aromatic nitrogens is 2. The van der Waals surface area contributed by atoms with Crippen molar-refractivity contribution in [3.05, 3.63) is 20.5 Å². The summed E-state index contributed by atoms with van der Waals surface area (Å²) in [5.41, 5.74) is 0.832. The lowest BCUT2D eigenvalue weighted by Gasteiger charge is -2.27. The van der Waals surface area contributed by atoms with E-state index in [1.54, 1.807) is 0 Å². The molecule has 2 aliphatic rings. The molecule has 0 radical (unpaired) electrons. The molecule has 1 aliphatic carbocycles. The molecule has 1 N–H and O–H groups in total. The molecule has 6 heteroatoms. The lowest BCUT2D eigenvalue weighted by atomic mass is 10.3. The molecule has 92 valence electrons. The number of morpholine rings is 1. The fourth-order valence-corrected chi connectivity index (χ4v) is 2.53. The Hall–Kier alpha value is -0.880. The summed E-state index contributed by atoms with van der Waals surface area (Å²) in [6, 6.07) is 0. The summed E-state index contributed by atoms with van der Waals surface area (Å²) in [5.74, 6) is 1.15. The zero-order valence-corrected chi connectivity index (χ0v) is 11.0. The second-order valence-corrected chi connectivity index (χ2v) is 5.26. The number of anilines is 1. The second-order valence-electron chi connectivity index (χ2n) is 4.46. The summed E-state index contributed by atoms with van der Waals surface area (Å²) in [6.07, 6.45) is 2.27. The normalized spacial score (nSPS) is 20.6. The molecule has 0 amide bonds. The van der Waals surface area contributed by atoms with Crippen LogP contribution < -0.4 is 10.5 Å². The Morgan fingerprint density at radius 1 is 1.35 bits per heavy atom. The molecule has 5 nitrogen and oxygen atoms in total. The first-order valence-electron chi connectivity index (χ1n) is 5.88. The minimum absolute atomic E-state index is 0.0802. The summed E-state index contributed by atoms with van der Waals surface area (Å²) in [6.45, 7) is 2.96. The highest BCUT2D eigenvalue weighted by Gasteiger charge is 2.29. The lowest BCUT2D eigenvalue weighted by Crippen LogP contribution is -2.38. The van der Waals surface area contributed by atoms with Crippen LogP contribution in [0.25, 0.3) is 0 Å². The fourth-order valence-electron chi connectivity index (χ4n) is 2.02. The average Bonchev–Trinajstić information content (AvgIpc) is 3.18. The standard InChI is InChI=1S/C11H14BrN3O2/c12-8-9(7-1-2-7)13-11(14-10(8)16)15-3-5-17-6-4-15/h7H,1-6H2,(H,13,14,16). The topological polar surface area (TPSA) is 58.2 Å². The van der Waals surface area contributed by atoms with Crippen LogP contribution in [-0.2, 0) is 4.74 Å². The monoisotopic (exact) mass is 299 g/mol. The van der Waals surface area contributed by atoms with Gasteiger partial charge in [0.05, 0.1) is 18.9 Å². The third-order valence-electron chi connectivity index (χ3n) is 3.15. The predicted octanol–water partition coefficient (Wildman–Crippen LogP) is 1.25. The van der Waals surface area contributed by atoms with E-state index in [9.17, 15) is 4.79 Å². The third kappa shape index (κ3) is 2.24. The fraction of sp³-hybridized carbons (Fsp3) is 0.636. The van der Waals surface area contributed by atoms with Gasteiger partial charge in [0.15, 0.2) is 0 Å². The van der Waals surface area contributed by atoms with E-state index in [1.165, 1.54) is 0 Å². The van der Waals surface area contributed by atoms with Gasteiger partial charge in [-0.25, -0.2) is 4.98 Å². The van der Waals surface area contributed by atoms with Gasteiger partial charge < -0.3 is 9.64 Å². The van der Waals surface area contributed by atoms with Crippen molar-refractivity contribution in [2.75, 3.05) is 31.2 Å². The number of halogens is 1. The highest BCUT2D eigenvalue weighted by Crippen LogP contribution is 2.41. The third-order valence-corrected chi connectivity index (χ3v) is 3.92. The highest BCUT2D eigenvalue weighted by atomic mass is 79.9. The Bertz CT molecular complexity index is 478. The van der Waals surface area contributed by atoms with Crippen LogP contribution in [0.5, 0.6) is 0 Å². The zero-order valence-electron chi connectivity index (χ0n) is 9.41. The largest absolute Gasteiger partial charge is 0.378 e. The van der Waals surface area contributed by atoms with Gasteiger partial charge in [0.25, 0.3) is 5.56 Å². The molecular weight excluding hydrogens is 286 g/mol. The molecule has 1 saturated heterocycles. The van der Waals surface area contributed by atoms with E-state index >= 15 is 0 Å². The number of aromatic amines is 1. The van der Waals surface area contributed by atoms with Crippen molar-refractivity contribution in [2.24, 2.45) is 0 Å². The number of H-pyrrole nitrogens is 1. The van der Waals surface area contributed by atoms with Crippen molar-refractivity contribution in [1.82, 2.24) is 9.97 Å². The molecule has 0 unspecified atom stereocenters. The van der Waals surface area contributed by atoms with Crippen LogP contribution in [0.2, 0.25) is 0 Å². The van der Waals surface area contributed by atoms with Gasteiger partial charge in [-0.05, 0) is 28.8 Å². The number of nitrogens with zero attached hydrogens (tertiary/aromatic N) is 2. The molecule has 2 fully saturated rings. The molecular formula is C11H14BrN3O2. The number of ether oxygens (including phenoxy) is 1. The van der Waals surface area contributed by atoms with E-state index in [2.05, 4.69) is 30.8 Å². The first-order valence-corrected chi connectivity index (χ1v) is 6.67. The molecule has 0 aromatic carbocycles. The van der Waals surface area contributed by atoms with Crippen LogP contribution in [0.15, 0.2) is 9.27 Å². The molecule has 1 aromatic heterocycles. The number of hydrogen-bond donors (Lipinski definition) is 1. The molecule has 3 rings (SSSR count). The van der Waals surface area contributed by atoms with Gasteiger partial charge in [-0.15, -0.1) is 0 Å². The van der Waals surface area contributed by atoms with Crippen LogP contribution in [0, 0.1) is 0 Å². The van der Waals surface area contributed by atoms with Gasteiger partial charge in [-0.1, -0.05) is 0 Å². The van der Waals surface area contributed by atoms with E-state index in [4.69, 9.17) is 4.74 Å². The Morgan fingerprint density at radius 3 is 2.71 bits per heavy atom. The zero-order chi connectivity index (χ0) is 11.8. The van der Waals surface area contributed by atoms with Gasteiger partial charge in [-0.2, -0.15) is 0 Å². The van der Waals surface area contributed by atoms with Crippen molar-refractivity contribution in [3.8, 4) is 0 Å². The van der Waals surface area contributed by atoms with Gasteiger partial charge in [-0.3, -0.25) is 9.78 Å². The van der Waals surface area contributed by atoms with Crippen molar-refractivity contribution in [2.45, 2.75) is 18.8 Å². The smallest absolute Gasteiger partial charge is 0.266 e. The van der Waals surface area contributed by atoms with Crippen molar-refractivity contribution >= 4 is 21.9 Å². The van der Waals surface area contributed by atoms with E-state index in [1.807, 2.05) is 0 Å². The van der Waals surface area contributed by atoms with E-state index in [-0.39, 0.29) is 5.56 Å². The molecule has 17 heavy (non-hydrogen) atoms. The van der Waals surface area contributed by atoms with Gasteiger partial charge in [0, 0.05) is 19.0 Å². The van der Waals surface area contributed by atoms with Gasteiger partial charge >= 0.3 is 0 Å². The van der Waals surface area contributed by atoms with E-state index in [0.29, 0.717) is 29.6 Å². The van der Waals surface area contributed by atoms with Crippen molar-refractivity contribution < 1.29 is 4.74 Å². The first-order chi connectivity index (χ1) is 8.25.